The van der Waals surface area contributed by atoms with Gasteiger partial charge in [-0.3, -0.25) is 0 Å². The maximum absolute atomic E-state index is 5.03. The van der Waals surface area contributed by atoms with Gasteiger partial charge in [0.15, 0.2) is 34.9 Å². The quantitative estimate of drug-likeness (QED) is 0.148. The van der Waals surface area contributed by atoms with Crippen LogP contribution in [0.15, 0.2) is 368 Å². The lowest BCUT2D eigenvalue weighted by Gasteiger charge is -2.22. The Bertz CT molecular complexity index is 7510. The van der Waals surface area contributed by atoms with E-state index in [0.29, 0.717) is 34.9 Å². The molecule has 8 heteroatoms. The molecule has 3 aromatic heterocycles. The van der Waals surface area contributed by atoms with Gasteiger partial charge in [0.2, 0.25) is 0 Å². The van der Waals surface area contributed by atoms with Gasteiger partial charge in [-0.2, -0.15) is 0 Å². The van der Waals surface area contributed by atoms with E-state index in [9.17, 15) is 0 Å². The standard InChI is InChI=1S/C54H36N4.C34H24.C21H14BrN3/c1-54(2)47-24-14-13-23-41(47)44-30-46-45-29-42-39-21-11-9-19-37(39)38-20-10-12-22-40(38)43(42)31-49(45)58(50(46)32-48(44)54)36-27-25-35(26-28-36)53-56-51(33-15-5-3-6-16-33)55-52(57-53)34-17-7-4-8-18-34;1-34(2)32-14-8-7-13-26(32)31-19-28-21(17-33(31)34)15-20-16-29-24-11-5-3-9-22(24)23-10-4-6-12-25(23)30(29)18-27(20)28;22-18-13-11-17(12-14-18)21-24-19(15-7-3-1-4-8-15)23-20(25-21)16-9-5-2-6-10-16/h3-32H,1-2H3;3-14,16-19H,15H2,1-2H3;1-14H. The van der Waals surface area contributed by atoms with E-state index in [0.717, 1.165) is 50.0 Å². The van der Waals surface area contributed by atoms with Crippen LogP contribution in [-0.4, -0.2) is 34.5 Å². The van der Waals surface area contributed by atoms with Crippen LogP contribution < -0.4 is 0 Å². The van der Waals surface area contributed by atoms with Crippen molar-refractivity contribution in [3.05, 3.63) is 402 Å². The fourth-order valence-electron chi connectivity index (χ4n) is 18.9. The number of nitrogens with zero attached hydrogens (tertiary/aromatic N) is 7. The van der Waals surface area contributed by atoms with E-state index in [1.54, 1.807) is 0 Å². The molecule has 3 aliphatic rings. The molecule has 21 aromatic rings. The Labute approximate surface area is 686 Å². The van der Waals surface area contributed by atoms with Crippen molar-refractivity contribution < 1.29 is 0 Å². The first-order chi connectivity index (χ1) is 57.4. The predicted molar refractivity (Wildman–Crippen MR) is 489 cm³/mol. The van der Waals surface area contributed by atoms with E-state index in [1.165, 1.54) is 153 Å². The SMILES string of the molecule is Brc1ccc(-c2nc(-c3ccccc3)nc(-c3ccccc3)n2)cc1.CC1(C)c2ccccc2-c2cc3c(cc21)Cc1cc2c4ccccc4c4ccccc4c2cc1-3.CC1(C)c2ccccc2-c2cc3c4cc5c6ccccc6c6ccccc6c5cc4n(-c4ccc(-c5nc(-c6ccccc6)nc(-c6ccccc6)n5)cc4)c3cc21. The van der Waals surface area contributed by atoms with Crippen LogP contribution in [0.4, 0.5) is 0 Å². The Kier molecular flexibility index (Phi) is 16.4. The minimum atomic E-state index is -0.131. The number of benzene rings is 18. The monoisotopic (exact) mass is 1560 g/mol. The van der Waals surface area contributed by atoms with Gasteiger partial charge in [0.05, 0.1) is 11.0 Å². The number of hydrogen-bond donors (Lipinski definition) is 0. The van der Waals surface area contributed by atoms with Crippen molar-refractivity contribution in [3.8, 4) is 107 Å². The molecule has 0 unspecified atom stereocenters. The predicted octanol–water partition coefficient (Wildman–Crippen LogP) is 28.4. The van der Waals surface area contributed by atoms with E-state index in [4.69, 9.17) is 24.9 Å². The van der Waals surface area contributed by atoms with Gasteiger partial charge in [-0.25, -0.2) is 29.9 Å². The van der Waals surface area contributed by atoms with Gasteiger partial charge in [-0.15, -0.1) is 0 Å². The van der Waals surface area contributed by atoms with Gasteiger partial charge in [0.25, 0.3) is 0 Å². The van der Waals surface area contributed by atoms with E-state index in [-0.39, 0.29) is 10.8 Å². The Morgan fingerprint density at radius 3 is 0.940 bits per heavy atom. The number of rotatable bonds is 7. The third kappa shape index (κ3) is 11.6. The number of fused-ring (bicyclic) bond motifs is 24. The molecule has 0 bridgehead atoms. The second-order valence-electron chi connectivity index (χ2n) is 32.1. The Morgan fingerprint density at radius 1 is 0.222 bits per heavy atom. The topological polar surface area (TPSA) is 82.3 Å². The lowest BCUT2D eigenvalue weighted by molar-refractivity contribution is 0.659. The number of hydrogen-bond acceptors (Lipinski definition) is 6. The van der Waals surface area contributed by atoms with Crippen molar-refractivity contribution in [2.75, 3.05) is 0 Å². The number of aromatic nitrogens is 7. The van der Waals surface area contributed by atoms with Crippen molar-refractivity contribution in [3.63, 3.8) is 0 Å². The highest BCUT2D eigenvalue weighted by Gasteiger charge is 2.39. The van der Waals surface area contributed by atoms with Crippen LogP contribution in [0.2, 0.25) is 0 Å². The molecule has 24 rings (SSSR count). The summed E-state index contributed by atoms with van der Waals surface area (Å²) in [5.74, 6) is 3.96. The summed E-state index contributed by atoms with van der Waals surface area (Å²) in [7, 11) is 0. The summed E-state index contributed by atoms with van der Waals surface area (Å²) in [5, 5.41) is 18.3. The Balaban J connectivity index is 0.000000118. The fourth-order valence-corrected chi connectivity index (χ4v) is 19.2. The van der Waals surface area contributed by atoms with Crippen LogP contribution >= 0.6 is 15.9 Å². The average molecular weight is 1560 g/mol. The zero-order valence-electron chi connectivity index (χ0n) is 64.9. The van der Waals surface area contributed by atoms with Crippen molar-refractivity contribution in [1.82, 2.24) is 34.5 Å². The molecule has 0 spiro atoms. The molecule has 0 aliphatic heterocycles. The summed E-state index contributed by atoms with van der Waals surface area (Å²) < 4.78 is 3.49. The highest BCUT2D eigenvalue weighted by atomic mass is 79.9. The lowest BCUT2D eigenvalue weighted by Crippen LogP contribution is -2.15. The molecule has 0 atom stereocenters. The molecular formula is C109H74BrN7. The van der Waals surface area contributed by atoms with Crippen LogP contribution in [0.1, 0.15) is 61.1 Å². The van der Waals surface area contributed by atoms with Gasteiger partial charge < -0.3 is 4.57 Å². The van der Waals surface area contributed by atoms with Gasteiger partial charge in [0.1, 0.15) is 0 Å². The summed E-state index contributed by atoms with van der Waals surface area (Å²) >= 11 is 3.47. The van der Waals surface area contributed by atoms with Gasteiger partial charge in [-0.1, -0.05) is 329 Å². The minimum absolute atomic E-state index is 0.0485. The molecule has 117 heavy (non-hydrogen) atoms. The highest BCUT2D eigenvalue weighted by molar-refractivity contribution is 9.10. The first kappa shape index (κ1) is 69.5. The van der Waals surface area contributed by atoms with E-state index in [1.807, 2.05) is 146 Å². The summed E-state index contributed by atoms with van der Waals surface area (Å²) in [6, 6.07) is 130. The van der Waals surface area contributed by atoms with Gasteiger partial charge in [0, 0.05) is 65.1 Å². The third-order valence-corrected chi connectivity index (χ3v) is 25.2. The molecule has 0 saturated heterocycles. The fraction of sp³-hybridized carbons (Fsp3) is 0.0642. The molecular weight excluding hydrogens is 1490 g/mol. The maximum Gasteiger partial charge on any atom is 0.164 e. The van der Waals surface area contributed by atoms with Crippen LogP contribution in [0, 0.1) is 0 Å². The normalized spacial score (nSPS) is 13.1. The van der Waals surface area contributed by atoms with Crippen molar-refractivity contribution in [2.24, 2.45) is 0 Å². The molecule has 3 heterocycles. The molecule has 552 valence electrons. The van der Waals surface area contributed by atoms with Gasteiger partial charge >= 0.3 is 0 Å². The molecule has 0 radical (unpaired) electrons. The smallest absolute Gasteiger partial charge is 0.164 e. The largest absolute Gasteiger partial charge is 0.309 e. The van der Waals surface area contributed by atoms with E-state index >= 15 is 0 Å². The Morgan fingerprint density at radius 2 is 0.513 bits per heavy atom. The molecule has 18 aromatic carbocycles. The molecule has 0 fully saturated rings. The van der Waals surface area contributed by atoms with E-state index < -0.39 is 0 Å². The number of halogens is 1. The molecule has 0 amide bonds. The van der Waals surface area contributed by atoms with Gasteiger partial charge in [-0.05, 0) is 217 Å². The highest BCUT2D eigenvalue weighted by Crippen LogP contribution is 2.55. The molecule has 7 nitrogen and oxygen atoms in total. The lowest BCUT2D eigenvalue weighted by atomic mass is 9.81. The summed E-state index contributed by atoms with van der Waals surface area (Å²) in [6.07, 6.45) is 1.02. The first-order valence-corrected chi connectivity index (χ1v) is 40.9. The van der Waals surface area contributed by atoms with E-state index in [2.05, 4.69) is 272 Å². The molecule has 0 saturated carbocycles. The average Bonchev–Trinajstić information content (AvgIpc) is 1.56. The first-order valence-electron chi connectivity index (χ1n) is 40.1. The van der Waals surface area contributed by atoms with Crippen LogP contribution in [0.3, 0.4) is 0 Å². The summed E-state index contributed by atoms with van der Waals surface area (Å²) in [5.41, 5.74) is 26.0. The van der Waals surface area contributed by atoms with Crippen LogP contribution in [-0.2, 0) is 17.3 Å². The van der Waals surface area contributed by atoms with Crippen molar-refractivity contribution in [1.29, 1.82) is 0 Å². The second-order valence-corrected chi connectivity index (χ2v) is 33.0. The van der Waals surface area contributed by atoms with Crippen molar-refractivity contribution >= 4 is 102 Å². The molecule has 0 N–H and O–H groups in total. The molecule has 3 aliphatic carbocycles. The zero-order chi connectivity index (χ0) is 78.2. The zero-order valence-corrected chi connectivity index (χ0v) is 66.4. The summed E-state index contributed by atoms with van der Waals surface area (Å²) in [6.45, 7) is 9.47. The maximum atomic E-state index is 5.03. The van der Waals surface area contributed by atoms with Crippen LogP contribution in [0.5, 0.6) is 0 Å². The minimum Gasteiger partial charge on any atom is -0.309 e. The van der Waals surface area contributed by atoms with Crippen molar-refractivity contribution in [2.45, 2.75) is 44.9 Å². The van der Waals surface area contributed by atoms with Crippen LogP contribution in [0.25, 0.3) is 194 Å². The Hall–Kier alpha value is -14.2. The second kappa shape index (κ2) is 27.6. The summed E-state index contributed by atoms with van der Waals surface area (Å²) in [4.78, 5) is 29.0. The third-order valence-electron chi connectivity index (χ3n) is 24.7.